The van der Waals surface area contributed by atoms with Gasteiger partial charge in [-0.1, -0.05) is 0 Å². The number of nitrogens with zero attached hydrogens (tertiary/aromatic N) is 1. The molecule has 130 valence electrons. The Balaban J connectivity index is 2.81. The van der Waals surface area contributed by atoms with E-state index in [1.54, 1.807) is 33.8 Å². The van der Waals surface area contributed by atoms with Crippen LogP contribution < -0.4 is 5.32 Å². The van der Waals surface area contributed by atoms with Gasteiger partial charge in [-0.2, -0.15) is 8.42 Å². The van der Waals surface area contributed by atoms with Crippen LogP contribution in [0.3, 0.4) is 0 Å². The number of nitrogens with one attached hydrogen (secondary N) is 1. The smallest absolute Gasteiger partial charge is 0.413 e. The number of carbonyl (C=O) groups is 1. The molecule has 1 heterocycles. The average Bonchev–Trinajstić information content (AvgIpc) is 2.20. The van der Waals surface area contributed by atoms with Crippen LogP contribution in [0.4, 0.5) is 10.6 Å². The monoisotopic (exact) mass is 344 g/mol. The summed E-state index contributed by atoms with van der Waals surface area (Å²) in [6, 6.07) is 3.51. The van der Waals surface area contributed by atoms with E-state index in [2.05, 4.69) is 10.3 Å². The summed E-state index contributed by atoms with van der Waals surface area (Å²) in [6.07, 6.45) is 0.163. The molecule has 1 rings (SSSR count). The van der Waals surface area contributed by atoms with Crippen LogP contribution in [-0.2, 0) is 25.5 Å². The van der Waals surface area contributed by atoms with E-state index in [4.69, 9.17) is 8.92 Å². The summed E-state index contributed by atoms with van der Waals surface area (Å²) >= 11 is 0. The summed E-state index contributed by atoms with van der Waals surface area (Å²) in [5.74, 6) is 0.348. The molecule has 0 aromatic carbocycles. The summed E-state index contributed by atoms with van der Waals surface area (Å²) in [5.41, 5.74) is 0.897. The molecule has 1 unspecified atom stereocenters. The first-order valence-electron chi connectivity index (χ1n) is 7.20. The number of aromatic nitrogens is 1. The minimum atomic E-state index is -3.52. The Bertz CT molecular complexity index is 665. The van der Waals surface area contributed by atoms with Gasteiger partial charge in [0, 0.05) is 12.1 Å². The summed E-state index contributed by atoms with van der Waals surface area (Å²) in [6.45, 7) is 8.81. The molecule has 1 N–H and O–H groups in total. The number of hydrogen-bond acceptors (Lipinski definition) is 6. The van der Waals surface area contributed by atoms with Crippen molar-refractivity contribution in [1.29, 1.82) is 0 Å². The van der Waals surface area contributed by atoms with Crippen LogP contribution in [0, 0.1) is 6.92 Å². The average molecular weight is 344 g/mol. The molecule has 0 aliphatic heterocycles. The lowest BCUT2D eigenvalue weighted by Crippen LogP contribution is -2.27. The minimum Gasteiger partial charge on any atom is -0.444 e. The van der Waals surface area contributed by atoms with Crippen molar-refractivity contribution in [2.45, 2.75) is 52.7 Å². The lowest BCUT2D eigenvalue weighted by Gasteiger charge is -2.19. The van der Waals surface area contributed by atoms with Gasteiger partial charge in [0.25, 0.3) is 10.1 Å². The van der Waals surface area contributed by atoms with Gasteiger partial charge < -0.3 is 4.74 Å². The van der Waals surface area contributed by atoms with Crippen LogP contribution in [0.5, 0.6) is 0 Å². The summed E-state index contributed by atoms with van der Waals surface area (Å²) in [5, 5.41) is 2.57. The Hall–Kier alpha value is -1.67. The lowest BCUT2D eigenvalue weighted by molar-refractivity contribution is 0.0635. The van der Waals surface area contributed by atoms with Crippen LogP contribution in [0.2, 0.25) is 0 Å². The third-order valence-corrected chi connectivity index (χ3v) is 3.17. The van der Waals surface area contributed by atoms with Crippen molar-refractivity contribution in [1.82, 2.24) is 4.98 Å². The highest BCUT2D eigenvalue weighted by Gasteiger charge is 2.17. The highest BCUT2D eigenvalue weighted by molar-refractivity contribution is 7.86. The Morgan fingerprint density at radius 1 is 1.35 bits per heavy atom. The Morgan fingerprint density at radius 3 is 2.48 bits per heavy atom. The molecule has 23 heavy (non-hydrogen) atoms. The molecule has 0 radical (unpaired) electrons. The molecule has 0 fully saturated rings. The number of anilines is 1. The van der Waals surface area contributed by atoms with Crippen molar-refractivity contribution in [3.05, 3.63) is 23.4 Å². The van der Waals surface area contributed by atoms with E-state index in [0.29, 0.717) is 17.9 Å². The van der Waals surface area contributed by atoms with E-state index in [9.17, 15) is 13.2 Å². The largest absolute Gasteiger partial charge is 0.444 e. The van der Waals surface area contributed by atoms with Gasteiger partial charge in [-0.05, 0) is 52.3 Å². The quantitative estimate of drug-likeness (QED) is 0.825. The van der Waals surface area contributed by atoms with Gasteiger partial charge in [-0.15, -0.1) is 0 Å². The van der Waals surface area contributed by atoms with E-state index < -0.39 is 27.9 Å². The van der Waals surface area contributed by atoms with E-state index >= 15 is 0 Å². The van der Waals surface area contributed by atoms with Gasteiger partial charge in [0.2, 0.25) is 0 Å². The molecule has 0 saturated heterocycles. The van der Waals surface area contributed by atoms with Crippen molar-refractivity contribution >= 4 is 22.0 Å². The zero-order chi connectivity index (χ0) is 17.8. The number of amides is 1. The van der Waals surface area contributed by atoms with Crippen LogP contribution >= 0.6 is 0 Å². The molecule has 1 atom stereocenters. The Morgan fingerprint density at radius 2 is 1.96 bits per heavy atom. The number of aryl methyl sites for hydroxylation is 1. The van der Waals surface area contributed by atoms with Gasteiger partial charge in [-0.25, -0.2) is 9.78 Å². The van der Waals surface area contributed by atoms with E-state index in [0.717, 1.165) is 11.8 Å². The van der Waals surface area contributed by atoms with E-state index in [1.807, 2.05) is 13.0 Å². The molecule has 1 amide bonds. The number of carbonyl (C=O) groups excluding carboxylic acids is 1. The van der Waals surface area contributed by atoms with Gasteiger partial charge in [0.15, 0.2) is 0 Å². The first-order valence-corrected chi connectivity index (χ1v) is 9.01. The first kappa shape index (κ1) is 19.4. The molecule has 1 aromatic heterocycles. The minimum absolute atomic E-state index is 0.303. The summed E-state index contributed by atoms with van der Waals surface area (Å²) < 4.78 is 32.3. The number of rotatable bonds is 5. The Labute approximate surface area is 137 Å². The van der Waals surface area contributed by atoms with Crippen LogP contribution in [0.15, 0.2) is 12.1 Å². The van der Waals surface area contributed by atoms with Crippen molar-refractivity contribution in [3.63, 3.8) is 0 Å². The van der Waals surface area contributed by atoms with Gasteiger partial charge >= 0.3 is 6.09 Å². The van der Waals surface area contributed by atoms with Crippen molar-refractivity contribution in [3.8, 4) is 0 Å². The predicted molar refractivity (Wildman–Crippen MR) is 87.9 cm³/mol. The molecule has 7 nitrogen and oxygen atoms in total. The molecular weight excluding hydrogens is 320 g/mol. The second kappa shape index (κ2) is 7.27. The van der Waals surface area contributed by atoms with Gasteiger partial charge in [-0.3, -0.25) is 9.50 Å². The molecule has 0 aliphatic carbocycles. The van der Waals surface area contributed by atoms with Crippen molar-refractivity contribution < 1.29 is 22.1 Å². The van der Waals surface area contributed by atoms with E-state index in [-0.39, 0.29) is 0 Å². The fraction of sp³-hybridized carbons (Fsp3) is 0.600. The maximum atomic E-state index is 11.8. The molecule has 8 heteroatoms. The molecular formula is C15H24N2O5S. The van der Waals surface area contributed by atoms with Crippen molar-refractivity contribution in [2.24, 2.45) is 0 Å². The summed E-state index contributed by atoms with van der Waals surface area (Å²) in [7, 11) is -3.52. The highest BCUT2D eigenvalue weighted by Crippen LogP contribution is 2.15. The van der Waals surface area contributed by atoms with Crippen LogP contribution in [-0.4, -0.2) is 37.5 Å². The third kappa shape index (κ3) is 8.51. The zero-order valence-corrected chi connectivity index (χ0v) is 15.2. The van der Waals surface area contributed by atoms with Crippen molar-refractivity contribution in [2.75, 3.05) is 11.6 Å². The lowest BCUT2D eigenvalue weighted by atomic mass is 10.1. The van der Waals surface area contributed by atoms with Gasteiger partial charge in [0.1, 0.15) is 11.4 Å². The van der Waals surface area contributed by atoms with E-state index in [1.165, 1.54) is 0 Å². The Kier molecular flexibility index (Phi) is 6.12. The molecule has 0 aliphatic rings. The molecule has 0 spiro atoms. The molecule has 1 aromatic rings. The standard InChI is InChI=1S/C15H24N2O5S/c1-10-7-12(9-11(2)22-23(6,19)20)16-13(8-10)17-14(18)21-15(3,4)5/h7-8,11H,9H2,1-6H3,(H,16,17,18). The molecule has 0 bridgehead atoms. The fourth-order valence-electron chi connectivity index (χ4n) is 1.94. The van der Waals surface area contributed by atoms with Crippen LogP contribution in [0.25, 0.3) is 0 Å². The predicted octanol–water partition coefficient (Wildman–Crippen LogP) is 2.64. The summed E-state index contributed by atoms with van der Waals surface area (Å²) in [4.78, 5) is 16.1. The number of ether oxygens (including phenoxy) is 1. The van der Waals surface area contributed by atoms with Crippen LogP contribution in [0.1, 0.15) is 39.0 Å². The SMILES string of the molecule is Cc1cc(CC(C)OS(C)(=O)=O)nc(NC(=O)OC(C)(C)C)c1. The number of hydrogen-bond donors (Lipinski definition) is 1. The highest BCUT2D eigenvalue weighted by atomic mass is 32.2. The second-order valence-corrected chi connectivity index (χ2v) is 8.06. The third-order valence-electron chi connectivity index (χ3n) is 2.49. The maximum Gasteiger partial charge on any atom is 0.413 e. The normalized spacial score (nSPS) is 13.5. The van der Waals surface area contributed by atoms with Gasteiger partial charge in [0.05, 0.1) is 12.4 Å². The topological polar surface area (TPSA) is 94.6 Å². The second-order valence-electron chi connectivity index (χ2n) is 6.46. The number of pyridine rings is 1. The zero-order valence-electron chi connectivity index (χ0n) is 14.3. The molecule has 0 saturated carbocycles. The first-order chi connectivity index (χ1) is 10.3. The fourth-order valence-corrected chi connectivity index (χ4v) is 2.61. The maximum absolute atomic E-state index is 11.8.